The van der Waals surface area contributed by atoms with Crippen molar-refractivity contribution in [2.75, 3.05) is 47.5 Å². The molecule has 0 radical (unpaired) electrons. The third-order valence-electron chi connectivity index (χ3n) is 15.7. The normalized spacial score (nSPS) is 14.1. The number of nitrogens with zero attached hydrogens (tertiary/aromatic N) is 1. The molecule has 0 aliphatic carbocycles. The van der Waals surface area contributed by atoms with E-state index in [0.29, 0.717) is 17.4 Å². The van der Waals surface area contributed by atoms with Gasteiger partial charge < -0.3 is 27.9 Å². The summed E-state index contributed by atoms with van der Waals surface area (Å²) in [6, 6.07) is 0. The molecule has 2 atom stereocenters. The monoisotopic (exact) mass is 1320 g/mol. The molecule has 0 spiro atoms. The molecule has 94 heavy (non-hydrogen) atoms. The first kappa shape index (κ1) is 89.4. The Hall–Kier alpha value is -4.63. The largest absolute Gasteiger partial charge is 0.756 e. The summed E-state index contributed by atoms with van der Waals surface area (Å²) in [5.41, 5.74) is 0. The Morgan fingerprint density at radius 1 is 0.330 bits per heavy atom. The number of unbranched alkanes of at least 4 members (excludes halogenated alkanes) is 26. The van der Waals surface area contributed by atoms with Crippen LogP contribution >= 0.6 is 7.82 Å². The van der Waals surface area contributed by atoms with Gasteiger partial charge in [0.1, 0.15) is 19.8 Å². The Morgan fingerprint density at radius 3 is 0.851 bits per heavy atom. The number of esters is 2. The molecule has 0 bridgehead atoms. The molecule has 0 saturated carbocycles. The van der Waals surface area contributed by atoms with Gasteiger partial charge in [-0.15, -0.1) is 0 Å². The van der Waals surface area contributed by atoms with Crippen molar-refractivity contribution >= 4 is 19.8 Å². The second-order valence-corrected chi connectivity index (χ2v) is 27.3. The first-order valence-corrected chi connectivity index (χ1v) is 39.3. The number of carbonyl (C=O) groups excluding carboxylic acids is 2. The lowest BCUT2D eigenvalue weighted by Gasteiger charge is -2.28. The van der Waals surface area contributed by atoms with Crippen molar-refractivity contribution in [1.29, 1.82) is 0 Å². The number of likely N-dealkylation sites (N-methyl/N-ethyl adjacent to an activating group) is 1. The predicted octanol–water partition coefficient (Wildman–Crippen LogP) is 24.6. The Morgan fingerprint density at radius 2 is 0.574 bits per heavy atom. The highest BCUT2D eigenvalue weighted by molar-refractivity contribution is 7.45. The molecule has 534 valence electrons. The van der Waals surface area contributed by atoms with Crippen LogP contribution in [-0.2, 0) is 32.7 Å². The van der Waals surface area contributed by atoms with E-state index in [2.05, 4.69) is 184 Å². The predicted molar refractivity (Wildman–Crippen MR) is 406 cm³/mol. The van der Waals surface area contributed by atoms with Gasteiger partial charge in [0.2, 0.25) is 0 Å². The molecule has 0 aromatic heterocycles. The van der Waals surface area contributed by atoms with Crippen LogP contribution in [0.3, 0.4) is 0 Å². The van der Waals surface area contributed by atoms with Crippen LogP contribution in [0.2, 0.25) is 0 Å². The summed E-state index contributed by atoms with van der Waals surface area (Å²) < 4.78 is 34.4. The Balaban J connectivity index is 4.07. The van der Waals surface area contributed by atoms with Crippen molar-refractivity contribution in [3.8, 4) is 0 Å². The van der Waals surface area contributed by atoms with Gasteiger partial charge in [-0.2, -0.15) is 0 Å². The quantitative estimate of drug-likeness (QED) is 0.0195. The maximum atomic E-state index is 12.9. The van der Waals surface area contributed by atoms with Gasteiger partial charge in [0.15, 0.2) is 6.10 Å². The fraction of sp³-hybridized carbons (Fsp3) is 0.643. The summed E-state index contributed by atoms with van der Waals surface area (Å²) in [5, 5.41) is 0. The molecule has 0 aliphatic heterocycles. The molecule has 10 heteroatoms. The van der Waals surface area contributed by atoms with Gasteiger partial charge in [-0.25, -0.2) is 0 Å². The minimum Gasteiger partial charge on any atom is -0.756 e. The average Bonchev–Trinajstić information content (AvgIpc) is 1.57. The summed E-state index contributed by atoms with van der Waals surface area (Å²) >= 11 is 0. The third kappa shape index (κ3) is 76.4. The minimum atomic E-state index is -4.66. The number of phosphoric acid groups is 1. The van der Waals surface area contributed by atoms with Crippen molar-refractivity contribution in [3.05, 3.63) is 170 Å². The van der Waals surface area contributed by atoms with Gasteiger partial charge in [0, 0.05) is 12.8 Å². The summed E-state index contributed by atoms with van der Waals surface area (Å²) in [5.74, 6) is -0.840. The SMILES string of the molecule is CC/C=C\C/C=C\C/C=C\C/C=C\C/C=C\C/C=C\C/C=C\C/C=C\C/C=C\C/C=C\CCCCCCCCCCCCC(=O)OC(COC(=O)CCCCCCCCCCCCCCCCCC/C=C\C/C=C\C/C=C\C/C=C\CC)COP(=O)([O-])OCC[N+](C)(C)C. The molecule has 0 rings (SSSR count). The van der Waals surface area contributed by atoms with E-state index in [0.717, 1.165) is 135 Å². The number of phosphoric ester groups is 1. The molecule has 0 aromatic carbocycles. The standard InChI is InChI=1S/C84H140NO8P/c1-6-8-10-12-14-16-18-20-22-24-26-28-30-32-34-36-37-38-39-40-41-42-43-44-45-46-47-49-51-53-55-57-59-61-63-65-67-69-71-73-75-77-84(87)93-82(81-92-94(88,89)91-79-78-85(3,4)5)80-90-83(86)76-74-72-70-68-66-64-62-60-58-56-54-52-50-48-35-33-31-29-27-25-23-21-19-17-15-13-11-9-7-2/h8-11,14-17,20-23,26-29,32,34,37-38,40-41,43-44,46-47,51,53,82H,6-7,12-13,18-19,24-25,30-31,33,35-36,39,42,45,48-50,52,54-81H2,1-5H3/b10-8-,11-9-,16-14-,17-15-,22-20-,23-21-,28-26-,29-27-,34-32-,38-37-,41-40-,44-43-,47-46-,53-51-. The maximum Gasteiger partial charge on any atom is 0.306 e. The van der Waals surface area contributed by atoms with Crippen LogP contribution in [0.4, 0.5) is 0 Å². The Labute approximate surface area is 578 Å². The fourth-order valence-corrected chi connectivity index (χ4v) is 10.8. The van der Waals surface area contributed by atoms with Gasteiger partial charge in [0.25, 0.3) is 7.82 Å². The summed E-state index contributed by atoms with van der Waals surface area (Å²) in [4.78, 5) is 38.1. The zero-order valence-electron chi connectivity index (χ0n) is 60.8. The second kappa shape index (κ2) is 72.6. The molecule has 0 aromatic rings. The molecule has 9 nitrogen and oxygen atoms in total. The van der Waals surface area contributed by atoms with Crippen LogP contribution in [0.25, 0.3) is 0 Å². The molecule has 0 aliphatic rings. The number of carbonyl (C=O) groups is 2. The number of hydrogen-bond donors (Lipinski definition) is 0. The first-order valence-electron chi connectivity index (χ1n) is 37.8. The second-order valence-electron chi connectivity index (χ2n) is 25.9. The minimum absolute atomic E-state index is 0.0384. The molecule has 0 heterocycles. The molecular weight excluding hydrogens is 1180 g/mol. The van der Waals surface area contributed by atoms with E-state index in [4.69, 9.17) is 18.5 Å². The van der Waals surface area contributed by atoms with E-state index in [9.17, 15) is 19.0 Å². The molecule has 0 fully saturated rings. The average molecular weight is 1320 g/mol. The van der Waals surface area contributed by atoms with Gasteiger partial charge in [-0.3, -0.25) is 14.2 Å². The molecule has 2 unspecified atom stereocenters. The highest BCUT2D eigenvalue weighted by atomic mass is 31.2. The topological polar surface area (TPSA) is 111 Å². The zero-order valence-corrected chi connectivity index (χ0v) is 61.7. The summed E-state index contributed by atoms with van der Waals surface area (Å²) in [6.07, 6.45) is 110. The number of allylic oxidation sites excluding steroid dienone is 28. The molecule has 0 N–H and O–H groups in total. The van der Waals surface area contributed by atoms with E-state index in [1.807, 2.05) is 21.1 Å². The van der Waals surface area contributed by atoms with Crippen LogP contribution in [0, 0.1) is 0 Å². The van der Waals surface area contributed by atoms with E-state index in [1.54, 1.807) is 0 Å². The van der Waals surface area contributed by atoms with E-state index >= 15 is 0 Å². The lowest BCUT2D eigenvalue weighted by molar-refractivity contribution is -0.870. The molecule has 0 amide bonds. The molecule has 0 saturated heterocycles. The van der Waals surface area contributed by atoms with Gasteiger partial charge in [0.05, 0.1) is 27.7 Å². The van der Waals surface area contributed by atoms with Crippen LogP contribution in [-0.4, -0.2) is 70.0 Å². The zero-order chi connectivity index (χ0) is 68.3. The maximum absolute atomic E-state index is 12.9. The third-order valence-corrected chi connectivity index (χ3v) is 16.7. The number of hydrogen-bond acceptors (Lipinski definition) is 8. The van der Waals surface area contributed by atoms with Crippen molar-refractivity contribution in [1.82, 2.24) is 0 Å². The Bertz CT molecular complexity index is 2200. The fourth-order valence-electron chi connectivity index (χ4n) is 10.0. The lowest BCUT2D eigenvalue weighted by Crippen LogP contribution is -2.37. The van der Waals surface area contributed by atoms with Crippen LogP contribution in [0.15, 0.2) is 170 Å². The number of ether oxygens (including phenoxy) is 2. The lowest BCUT2D eigenvalue weighted by atomic mass is 10.0. The van der Waals surface area contributed by atoms with Gasteiger partial charge >= 0.3 is 11.9 Å². The van der Waals surface area contributed by atoms with E-state index in [-0.39, 0.29) is 32.0 Å². The highest BCUT2D eigenvalue weighted by Gasteiger charge is 2.22. The van der Waals surface area contributed by atoms with E-state index in [1.165, 1.54) is 128 Å². The Kier molecular flexibility index (Phi) is 69.1. The van der Waals surface area contributed by atoms with Crippen LogP contribution in [0.1, 0.15) is 296 Å². The number of rotatable bonds is 68. The van der Waals surface area contributed by atoms with Crippen molar-refractivity contribution in [2.45, 2.75) is 302 Å². The summed E-state index contributed by atoms with van der Waals surface area (Å²) in [7, 11) is 1.15. The van der Waals surface area contributed by atoms with Crippen LogP contribution in [0.5, 0.6) is 0 Å². The van der Waals surface area contributed by atoms with Crippen LogP contribution < -0.4 is 4.89 Å². The molecular formula is C84H140NO8P. The first-order chi connectivity index (χ1) is 46.0. The van der Waals surface area contributed by atoms with Gasteiger partial charge in [-0.1, -0.05) is 325 Å². The number of quaternary nitrogens is 1. The summed E-state index contributed by atoms with van der Waals surface area (Å²) in [6.45, 7) is 4.02. The highest BCUT2D eigenvalue weighted by Crippen LogP contribution is 2.38. The van der Waals surface area contributed by atoms with E-state index < -0.39 is 26.5 Å². The van der Waals surface area contributed by atoms with Crippen molar-refractivity contribution in [2.24, 2.45) is 0 Å². The smallest absolute Gasteiger partial charge is 0.306 e. The van der Waals surface area contributed by atoms with Crippen molar-refractivity contribution < 1.29 is 42.1 Å². The van der Waals surface area contributed by atoms with Gasteiger partial charge in [-0.05, 0) is 128 Å². The van der Waals surface area contributed by atoms with Crippen molar-refractivity contribution in [3.63, 3.8) is 0 Å².